The van der Waals surface area contributed by atoms with Gasteiger partial charge in [-0.3, -0.25) is 4.90 Å². The van der Waals surface area contributed by atoms with E-state index in [9.17, 15) is 0 Å². The molecule has 0 aromatic carbocycles. The van der Waals surface area contributed by atoms with E-state index in [0.717, 1.165) is 45.0 Å². The third kappa shape index (κ3) is 3.42. The molecule has 0 aliphatic carbocycles. The third-order valence-corrected chi connectivity index (χ3v) is 3.27. The Balaban J connectivity index is 1.77. The number of hydrogen-bond acceptors (Lipinski definition) is 5. The summed E-state index contributed by atoms with van der Waals surface area (Å²) in [6.45, 7) is 4.89. The lowest BCUT2D eigenvalue weighted by Gasteiger charge is -2.35. The highest BCUT2D eigenvalue weighted by atomic mass is 15.3. The highest BCUT2D eigenvalue weighted by molar-refractivity contribution is 5.38. The number of nitriles is 1. The van der Waals surface area contributed by atoms with Gasteiger partial charge in [-0.1, -0.05) is 6.07 Å². The van der Waals surface area contributed by atoms with Gasteiger partial charge in [0.25, 0.3) is 0 Å². The molecule has 0 amide bonds. The van der Waals surface area contributed by atoms with Crippen LogP contribution in [0.15, 0.2) is 24.4 Å². The van der Waals surface area contributed by atoms with Crippen LogP contribution in [0, 0.1) is 11.3 Å². The molecule has 0 saturated carbocycles. The van der Waals surface area contributed by atoms with Crippen LogP contribution in [-0.4, -0.2) is 48.6 Å². The predicted octanol–water partition coefficient (Wildman–Crippen LogP) is 0.445. The topological polar surface area (TPSA) is 69.2 Å². The normalized spacial score (nSPS) is 18.3. The summed E-state index contributed by atoms with van der Waals surface area (Å²) in [6.07, 6.45) is 2.58. The molecule has 0 radical (unpaired) electrons. The van der Waals surface area contributed by atoms with Crippen molar-refractivity contribution in [3.8, 4) is 6.07 Å². The van der Waals surface area contributed by atoms with E-state index in [-0.39, 0.29) is 6.04 Å². The average molecular weight is 245 g/mol. The van der Waals surface area contributed by atoms with Gasteiger partial charge in [-0.05, 0) is 18.6 Å². The van der Waals surface area contributed by atoms with Crippen LogP contribution in [0.4, 0.5) is 5.82 Å². The molecule has 2 rings (SSSR count). The number of rotatable bonds is 4. The Morgan fingerprint density at radius 2 is 2.11 bits per heavy atom. The molecule has 5 nitrogen and oxygen atoms in total. The lowest BCUT2D eigenvalue weighted by Crippen LogP contribution is -2.47. The van der Waals surface area contributed by atoms with E-state index >= 15 is 0 Å². The Morgan fingerprint density at radius 3 is 2.72 bits per heavy atom. The predicted molar refractivity (Wildman–Crippen MR) is 71.1 cm³/mol. The average Bonchev–Trinajstić information content (AvgIpc) is 2.46. The summed E-state index contributed by atoms with van der Waals surface area (Å²) in [6, 6.07) is 7.73. The lowest BCUT2D eigenvalue weighted by atomic mass is 10.2. The van der Waals surface area contributed by atoms with E-state index in [1.807, 2.05) is 24.4 Å². The zero-order valence-corrected chi connectivity index (χ0v) is 10.5. The number of aromatic nitrogens is 1. The minimum absolute atomic E-state index is 0.334. The first-order chi connectivity index (χ1) is 8.79. The molecule has 2 N–H and O–H groups in total. The number of nitrogens with zero attached hydrogens (tertiary/aromatic N) is 4. The molecule has 1 aromatic rings. The van der Waals surface area contributed by atoms with Crippen molar-refractivity contribution < 1.29 is 0 Å². The summed E-state index contributed by atoms with van der Waals surface area (Å²) >= 11 is 0. The Bertz CT molecular complexity index is 392. The van der Waals surface area contributed by atoms with Crippen LogP contribution >= 0.6 is 0 Å². The molecule has 1 atom stereocenters. The maximum Gasteiger partial charge on any atom is 0.128 e. The summed E-state index contributed by atoms with van der Waals surface area (Å²) in [5, 5.41) is 8.64. The van der Waals surface area contributed by atoms with Crippen molar-refractivity contribution in [1.29, 1.82) is 5.26 Å². The Morgan fingerprint density at radius 1 is 1.33 bits per heavy atom. The summed E-state index contributed by atoms with van der Waals surface area (Å²) in [7, 11) is 0. The second-order valence-corrected chi connectivity index (χ2v) is 4.54. The first kappa shape index (κ1) is 12.8. The van der Waals surface area contributed by atoms with Gasteiger partial charge in [-0.25, -0.2) is 4.98 Å². The molecule has 1 saturated heterocycles. The molecule has 1 aliphatic heterocycles. The SMILES string of the molecule is N#CC(N)CCN1CCN(c2ccccn2)CC1. The van der Waals surface area contributed by atoms with E-state index in [4.69, 9.17) is 11.0 Å². The summed E-state index contributed by atoms with van der Waals surface area (Å²) in [5.41, 5.74) is 5.60. The molecule has 1 unspecified atom stereocenters. The van der Waals surface area contributed by atoms with Gasteiger partial charge < -0.3 is 10.6 Å². The molecule has 2 heterocycles. The molecule has 1 aliphatic rings. The second-order valence-electron chi connectivity index (χ2n) is 4.54. The van der Waals surface area contributed by atoms with Crippen molar-refractivity contribution in [1.82, 2.24) is 9.88 Å². The molecule has 1 aromatic heterocycles. The van der Waals surface area contributed by atoms with Gasteiger partial charge in [0.15, 0.2) is 0 Å². The second kappa shape index (κ2) is 6.34. The number of hydrogen-bond donors (Lipinski definition) is 1. The van der Waals surface area contributed by atoms with E-state index in [1.54, 1.807) is 0 Å². The van der Waals surface area contributed by atoms with Crippen LogP contribution in [0.25, 0.3) is 0 Å². The maximum atomic E-state index is 8.64. The number of nitrogens with two attached hydrogens (primary N) is 1. The van der Waals surface area contributed by atoms with E-state index in [2.05, 4.69) is 20.9 Å². The van der Waals surface area contributed by atoms with Gasteiger partial charge in [0.05, 0.1) is 12.1 Å². The number of pyridine rings is 1. The number of piperazine rings is 1. The Hall–Kier alpha value is -1.64. The first-order valence-corrected chi connectivity index (χ1v) is 6.33. The monoisotopic (exact) mass is 245 g/mol. The summed E-state index contributed by atoms with van der Waals surface area (Å²) in [4.78, 5) is 9.01. The molecular formula is C13H19N5. The van der Waals surface area contributed by atoms with Crippen LogP contribution in [0.1, 0.15) is 6.42 Å². The molecule has 18 heavy (non-hydrogen) atoms. The zero-order valence-electron chi connectivity index (χ0n) is 10.5. The van der Waals surface area contributed by atoms with Crippen LogP contribution < -0.4 is 10.6 Å². The molecule has 96 valence electrons. The molecule has 0 spiro atoms. The van der Waals surface area contributed by atoms with Crippen molar-refractivity contribution >= 4 is 5.82 Å². The van der Waals surface area contributed by atoms with Gasteiger partial charge >= 0.3 is 0 Å². The van der Waals surface area contributed by atoms with Gasteiger partial charge in [-0.2, -0.15) is 5.26 Å². The van der Waals surface area contributed by atoms with Gasteiger partial charge in [0, 0.05) is 38.9 Å². The smallest absolute Gasteiger partial charge is 0.128 e. The standard InChI is InChI=1S/C13H19N5/c14-11-12(15)4-6-17-7-9-18(10-8-17)13-3-1-2-5-16-13/h1-3,5,12H,4,6-10,15H2. The van der Waals surface area contributed by atoms with Crippen LogP contribution in [0.5, 0.6) is 0 Å². The molecule has 5 heteroatoms. The largest absolute Gasteiger partial charge is 0.354 e. The molecular weight excluding hydrogens is 226 g/mol. The minimum Gasteiger partial charge on any atom is -0.354 e. The van der Waals surface area contributed by atoms with Crippen LogP contribution in [0.2, 0.25) is 0 Å². The fourth-order valence-corrected chi connectivity index (χ4v) is 2.13. The minimum atomic E-state index is -0.334. The van der Waals surface area contributed by atoms with E-state index in [1.165, 1.54) is 0 Å². The van der Waals surface area contributed by atoms with Crippen molar-refractivity contribution in [2.75, 3.05) is 37.6 Å². The maximum absolute atomic E-state index is 8.64. The highest BCUT2D eigenvalue weighted by Crippen LogP contribution is 2.12. The third-order valence-electron chi connectivity index (χ3n) is 3.27. The Kier molecular flexibility index (Phi) is 4.51. The lowest BCUT2D eigenvalue weighted by molar-refractivity contribution is 0.252. The van der Waals surface area contributed by atoms with Gasteiger partial charge in [0.1, 0.15) is 5.82 Å². The van der Waals surface area contributed by atoms with Crippen molar-refractivity contribution in [3.05, 3.63) is 24.4 Å². The van der Waals surface area contributed by atoms with Gasteiger partial charge in [-0.15, -0.1) is 0 Å². The first-order valence-electron chi connectivity index (χ1n) is 6.33. The zero-order chi connectivity index (χ0) is 12.8. The fourth-order valence-electron chi connectivity index (χ4n) is 2.13. The van der Waals surface area contributed by atoms with Crippen LogP contribution in [0.3, 0.4) is 0 Å². The van der Waals surface area contributed by atoms with Crippen molar-refractivity contribution in [2.24, 2.45) is 5.73 Å². The van der Waals surface area contributed by atoms with Crippen molar-refractivity contribution in [2.45, 2.75) is 12.5 Å². The van der Waals surface area contributed by atoms with E-state index < -0.39 is 0 Å². The fraction of sp³-hybridized carbons (Fsp3) is 0.538. The van der Waals surface area contributed by atoms with Crippen molar-refractivity contribution in [3.63, 3.8) is 0 Å². The number of anilines is 1. The Labute approximate surface area is 108 Å². The van der Waals surface area contributed by atoms with E-state index in [0.29, 0.717) is 0 Å². The van der Waals surface area contributed by atoms with Crippen LogP contribution in [-0.2, 0) is 0 Å². The summed E-state index contributed by atoms with van der Waals surface area (Å²) in [5.74, 6) is 1.05. The highest BCUT2D eigenvalue weighted by Gasteiger charge is 2.17. The quantitative estimate of drug-likeness (QED) is 0.834. The van der Waals surface area contributed by atoms with Gasteiger partial charge in [0.2, 0.25) is 0 Å². The molecule has 1 fully saturated rings. The molecule has 0 bridgehead atoms. The summed E-state index contributed by atoms with van der Waals surface area (Å²) < 4.78 is 0.